The molecular weight excluding hydrogens is 382 g/mol. The Morgan fingerprint density at radius 2 is 1.64 bits per heavy atom. The number of thiazole rings is 1. The normalized spacial score (nSPS) is 10.8. The van der Waals surface area contributed by atoms with Crippen molar-refractivity contribution in [3.63, 3.8) is 0 Å². The van der Waals surface area contributed by atoms with E-state index in [9.17, 15) is 0 Å². The van der Waals surface area contributed by atoms with Gasteiger partial charge in [0.05, 0.1) is 10.2 Å². The van der Waals surface area contributed by atoms with E-state index in [4.69, 9.17) is 17.2 Å². The van der Waals surface area contributed by atoms with Crippen LogP contribution in [-0.4, -0.2) is 10.1 Å². The Morgan fingerprint density at radius 3 is 2.39 bits per heavy atom. The third-order valence-corrected chi connectivity index (χ3v) is 5.82. The Labute approximate surface area is 174 Å². The van der Waals surface area contributed by atoms with Gasteiger partial charge in [-0.3, -0.25) is 0 Å². The first-order valence-electron chi connectivity index (χ1n) is 9.15. The van der Waals surface area contributed by atoms with E-state index in [0.717, 1.165) is 21.8 Å². The van der Waals surface area contributed by atoms with Crippen molar-refractivity contribution >= 4 is 44.6 Å². The minimum absolute atomic E-state index is 0.615. The van der Waals surface area contributed by atoms with Gasteiger partial charge in [-0.25, -0.2) is 4.98 Å². The number of nitrogens with zero attached hydrogens (tertiary/aromatic N) is 1. The molecule has 0 atom stereocenters. The fourth-order valence-corrected chi connectivity index (χ4v) is 4.17. The predicted octanol–water partition coefficient (Wildman–Crippen LogP) is 6.07. The molecule has 4 aromatic rings. The lowest BCUT2D eigenvalue weighted by atomic mass is 10.1. The summed E-state index contributed by atoms with van der Waals surface area (Å²) in [5.41, 5.74) is 6.84. The molecule has 140 valence electrons. The zero-order valence-corrected chi connectivity index (χ0v) is 17.5. The average molecular weight is 404 g/mol. The molecule has 28 heavy (non-hydrogen) atoms. The molecule has 0 radical (unpaired) electrons. The third-order valence-electron chi connectivity index (χ3n) is 4.51. The Morgan fingerprint density at radius 1 is 0.929 bits per heavy atom. The maximum atomic E-state index is 5.41. The van der Waals surface area contributed by atoms with Gasteiger partial charge in [0.15, 0.2) is 5.11 Å². The summed E-state index contributed by atoms with van der Waals surface area (Å²) >= 11 is 7.13. The molecule has 0 saturated carbocycles. The highest BCUT2D eigenvalue weighted by molar-refractivity contribution is 7.80. The fourth-order valence-electron chi connectivity index (χ4n) is 2.92. The molecule has 0 aliphatic heterocycles. The molecule has 0 fully saturated rings. The van der Waals surface area contributed by atoms with Crippen molar-refractivity contribution in [2.45, 2.75) is 20.4 Å². The van der Waals surface area contributed by atoms with Gasteiger partial charge in [-0.2, -0.15) is 0 Å². The molecular formula is C23H21N3S2. The number of hydrogen-bond acceptors (Lipinski definition) is 3. The van der Waals surface area contributed by atoms with E-state index in [1.165, 1.54) is 21.4 Å². The van der Waals surface area contributed by atoms with Gasteiger partial charge in [0.1, 0.15) is 5.01 Å². The number of hydrogen-bond donors (Lipinski definition) is 2. The number of aromatic nitrogens is 1. The van der Waals surface area contributed by atoms with Crippen LogP contribution in [0, 0.1) is 13.8 Å². The van der Waals surface area contributed by atoms with Crippen LogP contribution < -0.4 is 10.6 Å². The van der Waals surface area contributed by atoms with Crippen molar-refractivity contribution in [2.24, 2.45) is 0 Å². The molecule has 0 bridgehead atoms. The van der Waals surface area contributed by atoms with Crippen LogP contribution in [0.15, 0.2) is 66.7 Å². The molecule has 3 aromatic carbocycles. The van der Waals surface area contributed by atoms with E-state index in [-0.39, 0.29) is 0 Å². The lowest BCUT2D eigenvalue weighted by Gasteiger charge is -2.11. The lowest BCUT2D eigenvalue weighted by Crippen LogP contribution is -2.27. The quantitative estimate of drug-likeness (QED) is 0.406. The first kappa shape index (κ1) is 18.6. The summed E-state index contributed by atoms with van der Waals surface area (Å²) in [5, 5.41) is 8.13. The number of benzene rings is 3. The summed E-state index contributed by atoms with van der Waals surface area (Å²) in [4.78, 5) is 4.74. The smallest absolute Gasteiger partial charge is 0.171 e. The van der Waals surface area contributed by atoms with Crippen molar-refractivity contribution < 1.29 is 0 Å². The maximum absolute atomic E-state index is 5.41. The van der Waals surface area contributed by atoms with Crippen molar-refractivity contribution in [3.8, 4) is 10.6 Å². The molecule has 1 aromatic heterocycles. The molecule has 4 rings (SSSR count). The highest BCUT2D eigenvalue weighted by Gasteiger charge is 2.07. The number of anilines is 1. The second-order valence-corrected chi connectivity index (χ2v) is 8.30. The summed E-state index contributed by atoms with van der Waals surface area (Å²) in [6, 6.07) is 23.0. The molecule has 0 unspecified atom stereocenters. The highest BCUT2D eigenvalue weighted by atomic mass is 32.1. The SMILES string of the molecule is Cc1ccc(CNC(=S)Nc2ccc(-c3nc4ccc(C)cc4s3)cc2)cc1. The largest absolute Gasteiger partial charge is 0.358 e. The zero-order chi connectivity index (χ0) is 19.5. The Hall–Kier alpha value is -2.76. The standard InChI is InChI=1S/C23H21N3S2/c1-15-3-6-17(7-4-15)14-24-23(27)25-19-10-8-18(9-11-19)22-26-20-12-5-16(2)13-21(20)28-22/h3-13H,14H2,1-2H3,(H2,24,25,27). The zero-order valence-electron chi connectivity index (χ0n) is 15.8. The summed E-state index contributed by atoms with van der Waals surface area (Å²) in [6.45, 7) is 4.90. The van der Waals surface area contributed by atoms with Crippen LogP contribution in [-0.2, 0) is 6.54 Å². The van der Waals surface area contributed by atoms with Crippen LogP contribution in [0.1, 0.15) is 16.7 Å². The number of fused-ring (bicyclic) bond motifs is 1. The van der Waals surface area contributed by atoms with E-state index in [2.05, 4.69) is 79.1 Å². The van der Waals surface area contributed by atoms with Crippen molar-refractivity contribution in [3.05, 3.63) is 83.4 Å². The molecule has 2 N–H and O–H groups in total. The topological polar surface area (TPSA) is 37.0 Å². The van der Waals surface area contributed by atoms with Crippen LogP contribution in [0.25, 0.3) is 20.8 Å². The first-order chi connectivity index (χ1) is 13.6. The monoisotopic (exact) mass is 403 g/mol. The lowest BCUT2D eigenvalue weighted by molar-refractivity contribution is 0.925. The summed E-state index contributed by atoms with van der Waals surface area (Å²) < 4.78 is 1.22. The van der Waals surface area contributed by atoms with Gasteiger partial charge in [0.25, 0.3) is 0 Å². The summed E-state index contributed by atoms with van der Waals surface area (Å²) in [7, 11) is 0. The second-order valence-electron chi connectivity index (χ2n) is 6.86. The van der Waals surface area contributed by atoms with Gasteiger partial charge < -0.3 is 10.6 Å². The molecule has 0 aliphatic rings. The van der Waals surface area contributed by atoms with E-state index >= 15 is 0 Å². The van der Waals surface area contributed by atoms with Crippen molar-refractivity contribution in [1.29, 1.82) is 0 Å². The molecule has 0 amide bonds. The van der Waals surface area contributed by atoms with Gasteiger partial charge >= 0.3 is 0 Å². The molecule has 3 nitrogen and oxygen atoms in total. The van der Waals surface area contributed by atoms with Crippen molar-refractivity contribution in [2.75, 3.05) is 5.32 Å². The fraction of sp³-hybridized carbons (Fsp3) is 0.130. The minimum Gasteiger partial charge on any atom is -0.358 e. The second kappa shape index (κ2) is 8.09. The Bertz CT molecular complexity index is 1110. The van der Waals surface area contributed by atoms with Crippen LogP contribution >= 0.6 is 23.6 Å². The maximum Gasteiger partial charge on any atom is 0.171 e. The van der Waals surface area contributed by atoms with Crippen LogP contribution in [0.5, 0.6) is 0 Å². The van der Waals surface area contributed by atoms with Gasteiger partial charge in [-0.1, -0.05) is 35.9 Å². The van der Waals surface area contributed by atoms with Crippen LogP contribution in [0.4, 0.5) is 5.69 Å². The van der Waals surface area contributed by atoms with Gasteiger partial charge in [0.2, 0.25) is 0 Å². The summed E-state index contributed by atoms with van der Waals surface area (Å²) in [5.74, 6) is 0. The van der Waals surface area contributed by atoms with Crippen molar-refractivity contribution in [1.82, 2.24) is 10.3 Å². The van der Waals surface area contributed by atoms with E-state index in [1.54, 1.807) is 11.3 Å². The number of nitrogens with one attached hydrogen (secondary N) is 2. The first-order valence-corrected chi connectivity index (χ1v) is 10.4. The molecule has 5 heteroatoms. The Balaban J connectivity index is 1.39. The highest BCUT2D eigenvalue weighted by Crippen LogP contribution is 2.31. The van der Waals surface area contributed by atoms with E-state index in [0.29, 0.717) is 11.7 Å². The summed E-state index contributed by atoms with van der Waals surface area (Å²) in [6.07, 6.45) is 0. The minimum atomic E-state index is 0.615. The number of rotatable bonds is 4. The molecule has 0 aliphatic carbocycles. The van der Waals surface area contributed by atoms with E-state index in [1.807, 2.05) is 12.1 Å². The number of aryl methyl sites for hydroxylation is 2. The van der Waals surface area contributed by atoms with Gasteiger partial charge in [-0.05, 0) is 73.6 Å². The number of thiocarbonyl (C=S) groups is 1. The van der Waals surface area contributed by atoms with Gasteiger partial charge in [-0.15, -0.1) is 11.3 Å². The predicted molar refractivity (Wildman–Crippen MR) is 124 cm³/mol. The van der Waals surface area contributed by atoms with Crippen LogP contribution in [0.2, 0.25) is 0 Å². The molecule has 0 spiro atoms. The molecule has 0 saturated heterocycles. The van der Waals surface area contributed by atoms with E-state index < -0.39 is 0 Å². The Kier molecular flexibility index (Phi) is 5.37. The van der Waals surface area contributed by atoms with Gasteiger partial charge in [0, 0.05) is 17.8 Å². The third kappa shape index (κ3) is 4.38. The average Bonchev–Trinajstić information content (AvgIpc) is 3.11. The molecule has 1 heterocycles. The van der Waals surface area contributed by atoms with Crippen LogP contribution in [0.3, 0.4) is 0 Å².